The first-order valence-corrected chi connectivity index (χ1v) is 12.5. The number of hydrogen-bond donors (Lipinski definition) is 5. The van der Waals surface area contributed by atoms with Crippen molar-refractivity contribution in [2.24, 2.45) is 22.4 Å². The Morgan fingerprint density at radius 3 is 2.25 bits per heavy atom. The zero-order chi connectivity index (χ0) is 29.7. The Morgan fingerprint density at radius 2 is 1.73 bits per heavy atom. The Labute approximate surface area is 232 Å². The molecule has 0 saturated carbocycles. The molecule has 0 fully saturated rings. The molecule has 0 bridgehead atoms. The predicted octanol–water partition coefficient (Wildman–Crippen LogP) is 2.47. The number of carbonyl (C=O) groups is 2. The summed E-state index contributed by atoms with van der Waals surface area (Å²) < 4.78 is 15.2. The summed E-state index contributed by atoms with van der Waals surface area (Å²) in [5.74, 6) is -0.156. The number of guanidine groups is 1. The number of benzene rings is 2. The molecule has 0 aliphatic heterocycles. The number of aromatic hydroxyl groups is 1. The molecule has 0 aliphatic carbocycles. The maximum Gasteiger partial charge on any atom is 0.412 e. The van der Waals surface area contributed by atoms with Crippen LogP contribution in [-0.4, -0.2) is 58.5 Å². The van der Waals surface area contributed by atoms with Crippen LogP contribution in [0.2, 0.25) is 0 Å². The number of nitrogens with one attached hydrogen (secondary N) is 1. The van der Waals surface area contributed by atoms with Gasteiger partial charge in [-0.1, -0.05) is 43.6 Å². The number of hydrogen-bond acceptors (Lipinski definition) is 9. The number of methoxy groups -OCH3 is 2. The van der Waals surface area contributed by atoms with Crippen molar-refractivity contribution < 1.29 is 33.7 Å². The normalized spacial score (nSPS) is 12.5. The van der Waals surface area contributed by atoms with Crippen molar-refractivity contribution >= 4 is 17.8 Å². The van der Waals surface area contributed by atoms with Gasteiger partial charge in [-0.3, -0.25) is 4.79 Å². The van der Waals surface area contributed by atoms with Crippen LogP contribution in [0.3, 0.4) is 0 Å². The van der Waals surface area contributed by atoms with Gasteiger partial charge in [0.05, 0.1) is 20.6 Å². The lowest BCUT2D eigenvalue weighted by Gasteiger charge is -2.18. The number of rotatable bonds is 11. The van der Waals surface area contributed by atoms with Gasteiger partial charge in [-0.15, -0.1) is 5.10 Å². The Bertz CT molecular complexity index is 1280. The molecular weight excluding hydrogens is 520 g/mol. The van der Waals surface area contributed by atoms with Crippen LogP contribution in [0.25, 0.3) is 11.5 Å². The number of carboxylic acid groups (broad SMARTS) is 1. The molecule has 0 saturated heterocycles. The van der Waals surface area contributed by atoms with E-state index in [1.165, 1.54) is 14.2 Å². The Morgan fingerprint density at radius 1 is 1.07 bits per heavy atom. The van der Waals surface area contributed by atoms with E-state index in [0.29, 0.717) is 35.9 Å². The molecule has 1 amide bonds. The lowest BCUT2D eigenvalue weighted by Crippen LogP contribution is -2.45. The van der Waals surface area contributed by atoms with Crippen LogP contribution in [0.5, 0.6) is 17.6 Å². The van der Waals surface area contributed by atoms with Crippen molar-refractivity contribution in [3.63, 3.8) is 0 Å². The number of nitrogens with zero attached hydrogens (tertiary/aromatic N) is 3. The van der Waals surface area contributed by atoms with Gasteiger partial charge in [-0.25, -0.2) is 4.79 Å². The van der Waals surface area contributed by atoms with Crippen molar-refractivity contribution in [1.82, 2.24) is 15.5 Å². The molecule has 2 aromatic carbocycles. The summed E-state index contributed by atoms with van der Waals surface area (Å²) in [5, 5.41) is 27.7. The maximum atomic E-state index is 12.1. The monoisotopic (exact) mass is 556 g/mol. The van der Waals surface area contributed by atoms with Gasteiger partial charge < -0.3 is 40.9 Å². The molecule has 0 aliphatic rings. The van der Waals surface area contributed by atoms with E-state index in [0.717, 1.165) is 17.5 Å². The fourth-order valence-electron chi connectivity index (χ4n) is 3.46. The van der Waals surface area contributed by atoms with Crippen LogP contribution in [0.4, 0.5) is 0 Å². The molecule has 2 atom stereocenters. The topological polar surface area (TPSA) is 208 Å². The maximum absolute atomic E-state index is 12.1. The van der Waals surface area contributed by atoms with E-state index < -0.39 is 24.0 Å². The average molecular weight is 557 g/mol. The highest BCUT2D eigenvalue weighted by atomic mass is 16.5. The number of nitrogens with two attached hydrogens (primary N) is 2. The highest BCUT2D eigenvalue weighted by Crippen LogP contribution is 2.27. The molecular formula is C27H36N6O7. The molecule has 3 aromatic rings. The first-order chi connectivity index (χ1) is 19.1. The van der Waals surface area contributed by atoms with Gasteiger partial charge in [-0.2, -0.15) is 4.99 Å². The van der Waals surface area contributed by atoms with E-state index in [4.69, 9.17) is 30.5 Å². The first kappa shape index (κ1) is 31.6. The Balaban J connectivity index is 0.000000333. The van der Waals surface area contributed by atoms with Crippen molar-refractivity contribution in [2.45, 2.75) is 45.7 Å². The number of aromatic nitrogens is 2. The molecule has 13 nitrogen and oxygen atoms in total. The molecule has 0 spiro atoms. The van der Waals surface area contributed by atoms with Crippen LogP contribution in [0.1, 0.15) is 37.8 Å². The van der Waals surface area contributed by atoms with E-state index in [1.54, 1.807) is 18.2 Å². The van der Waals surface area contributed by atoms with Crippen LogP contribution in [0, 0.1) is 5.92 Å². The highest BCUT2D eigenvalue weighted by Gasteiger charge is 2.20. The summed E-state index contributed by atoms with van der Waals surface area (Å²) in [7, 11) is 3.03. The molecule has 13 heteroatoms. The van der Waals surface area contributed by atoms with Crippen LogP contribution < -0.4 is 26.3 Å². The summed E-state index contributed by atoms with van der Waals surface area (Å²) in [4.78, 5) is 27.1. The molecule has 1 heterocycles. The summed E-state index contributed by atoms with van der Waals surface area (Å²) >= 11 is 0. The van der Waals surface area contributed by atoms with E-state index in [2.05, 4.69) is 20.5 Å². The largest absolute Gasteiger partial charge is 0.493 e. The van der Waals surface area contributed by atoms with E-state index in [1.807, 2.05) is 38.1 Å². The second kappa shape index (κ2) is 15.7. The summed E-state index contributed by atoms with van der Waals surface area (Å²) in [6.45, 7) is 4.43. The minimum Gasteiger partial charge on any atom is -0.493 e. The Kier molecular flexibility index (Phi) is 12.4. The van der Waals surface area contributed by atoms with Crippen molar-refractivity contribution in [1.29, 1.82) is 0 Å². The van der Waals surface area contributed by atoms with Crippen molar-refractivity contribution in [2.75, 3.05) is 14.2 Å². The fraction of sp³-hybridized carbons (Fsp3) is 0.370. The van der Waals surface area contributed by atoms with E-state index in [-0.39, 0.29) is 18.3 Å². The number of ether oxygens (including phenoxy) is 2. The SMILES string of the molecule is CCC(C)CC(NC(N)=NC(=O)Cc1ccc(OC)c(OC)c1)C(=O)O.NCc1ccc(-c2nnc(O)o2)cc1. The molecule has 40 heavy (non-hydrogen) atoms. The number of aliphatic imine (C=N–C) groups is 1. The molecule has 3 rings (SSSR count). The summed E-state index contributed by atoms with van der Waals surface area (Å²) in [6.07, 6.45) is 0.821. The molecule has 1 aromatic heterocycles. The van der Waals surface area contributed by atoms with Crippen LogP contribution in [-0.2, 0) is 22.6 Å². The zero-order valence-corrected chi connectivity index (χ0v) is 23.0. The quantitative estimate of drug-likeness (QED) is 0.170. The molecule has 2 unspecified atom stereocenters. The highest BCUT2D eigenvalue weighted by molar-refractivity contribution is 5.94. The van der Waals surface area contributed by atoms with Gasteiger partial charge in [0.15, 0.2) is 17.5 Å². The predicted molar refractivity (Wildman–Crippen MR) is 148 cm³/mol. The minimum atomic E-state index is -1.03. The first-order valence-electron chi connectivity index (χ1n) is 12.5. The summed E-state index contributed by atoms with van der Waals surface area (Å²) in [6, 6.07) is 11.6. The number of carbonyl (C=O) groups excluding carboxylic acids is 1. The third-order valence-corrected chi connectivity index (χ3v) is 5.85. The van der Waals surface area contributed by atoms with Crippen molar-refractivity contribution in [3.05, 3.63) is 53.6 Å². The molecule has 216 valence electrons. The van der Waals surface area contributed by atoms with Gasteiger partial charge in [0.2, 0.25) is 0 Å². The standard InChI is InChI=1S/C18H27N3O5.C9H9N3O2/c1-5-11(2)8-13(17(23)24)20-18(19)21-16(22)10-12-6-7-14(25-3)15(9-12)26-4;10-5-6-1-3-7(4-2-6)8-11-12-9(13)14-8/h6-7,9,11,13H,5,8,10H2,1-4H3,(H,23,24)(H3,19,20,21,22);1-4H,5,10H2,(H,12,13). The van der Waals surface area contributed by atoms with E-state index in [9.17, 15) is 14.7 Å². The number of amides is 1. The van der Waals surface area contributed by atoms with Gasteiger partial charge in [0, 0.05) is 12.1 Å². The second-order valence-electron chi connectivity index (χ2n) is 8.83. The third kappa shape index (κ3) is 9.91. The average Bonchev–Trinajstić information content (AvgIpc) is 3.38. The third-order valence-electron chi connectivity index (χ3n) is 5.85. The summed E-state index contributed by atoms with van der Waals surface area (Å²) in [5.41, 5.74) is 13.6. The van der Waals surface area contributed by atoms with Crippen molar-refractivity contribution in [3.8, 4) is 29.0 Å². The number of aliphatic carboxylic acids is 1. The molecule has 0 radical (unpaired) electrons. The van der Waals surface area contributed by atoms with E-state index >= 15 is 0 Å². The molecule has 7 N–H and O–H groups in total. The Hall–Kier alpha value is -4.65. The minimum absolute atomic E-state index is 0.00579. The lowest BCUT2D eigenvalue weighted by atomic mass is 9.99. The zero-order valence-electron chi connectivity index (χ0n) is 23.0. The van der Waals surface area contributed by atoms with Crippen LogP contribution in [0.15, 0.2) is 51.9 Å². The fourth-order valence-corrected chi connectivity index (χ4v) is 3.46. The van der Waals surface area contributed by atoms with Gasteiger partial charge in [0.1, 0.15) is 6.04 Å². The van der Waals surface area contributed by atoms with Gasteiger partial charge in [-0.05, 0) is 47.7 Å². The number of carboxylic acids is 1. The van der Waals surface area contributed by atoms with Gasteiger partial charge in [0.25, 0.3) is 11.8 Å². The van der Waals surface area contributed by atoms with Crippen LogP contribution >= 0.6 is 0 Å². The van der Waals surface area contributed by atoms with Gasteiger partial charge >= 0.3 is 12.0 Å². The second-order valence-corrected chi connectivity index (χ2v) is 8.83. The lowest BCUT2D eigenvalue weighted by molar-refractivity contribution is -0.139. The smallest absolute Gasteiger partial charge is 0.412 e.